The van der Waals surface area contributed by atoms with Crippen molar-refractivity contribution in [2.45, 2.75) is 19.4 Å². The molecule has 3 amide bonds. The number of carbonyl (C=O) groups excluding carboxylic acids is 3. The van der Waals surface area contributed by atoms with E-state index in [1.807, 2.05) is 38.2 Å². The number of fused-ring (bicyclic) bond motifs is 1. The molecule has 1 atom stereocenters. The van der Waals surface area contributed by atoms with E-state index in [2.05, 4.69) is 4.98 Å². The van der Waals surface area contributed by atoms with Gasteiger partial charge in [0.05, 0.1) is 17.2 Å². The standard InChI is InChI=1S/C22H20BN3O3S/c1-14(27)25(22-24-12-19(23)30-22)13-16(11-15-7-3-2-4-8-15)26-20(28)17-9-5-6-10-18(17)21(26)29/h2-10,12,16H,11,13,23H2,1H3/t16-/m0/s1. The van der Waals surface area contributed by atoms with Crippen molar-refractivity contribution in [3.8, 4) is 0 Å². The zero-order valence-corrected chi connectivity index (χ0v) is 17.6. The van der Waals surface area contributed by atoms with Crippen molar-refractivity contribution in [1.29, 1.82) is 0 Å². The van der Waals surface area contributed by atoms with Crippen molar-refractivity contribution in [2.24, 2.45) is 0 Å². The van der Waals surface area contributed by atoms with E-state index in [9.17, 15) is 14.4 Å². The lowest BCUT2D eigenvalue weighted by Crippen LogP contribution is -2.49. The zero-order valence-electron chi connectivity index (χ0n) is 16.7. The molecule has 0 saturated carbocycles. The Morgan fingerprint density at radius 3 is 2.20 bits per heavy atom. The summed E-state index contributed by atoms with van der Waals surface area (Å²) in [5, 5.41) is 0.565. The van der Waals surface area contributed by atoms with Crippen molar-refractivity contribution in [2.75, 3.05) is 11.4 Å². The van der Waals surface area contributed by atoms with Gasteiger partial charge in [-0.2, -0.15) is 0 Å². The van der Waals surface area contributed by atoms with Crippen molar-refractivity contribution < 1.29 is 14.4 Å². The second-order valence-electron chi connectivity index (χ2n) is 7.25. The van der Waals surface area contributed by atoms with Gasteiger partial charge in [0.2, 0.25) is 5.91 Å². The molecule has 1 aromatic heterocycles. The van der Waals surface area contributed by atoms with Gasteiger partial charge in [0.25, 0.3) is 11.8 Å². The number of imide groups is 1. The third-order valence-corrected chi connectivity index (χ3v) is 6.05. The lowest BCUT2D eigenvalue weighted by molar-refractivity contribution is -0.116. The van der Waals surface area contributed by atoms with E-state index < -0.39 is 6.04 Å². The molecule has 0 aliphatic carbocycles. The van der Waals surface area contributed by atoms with Gasteiger partial charge in [0.1, 0.15) is 0 Å². The van der Waals surface area contributed by atoms with Crippen LogP contribution in [0.25, 0.3) is 0 Å². The smallest absolute Gasteiger partial charge is 0.261 e. The summed E-state index contributed by atoms with van der Waals surface area (Å²) >= 11 is 1.41. The van der Waals surface area contributed by atoms with E-state index in [-0.39, 0.29) is 24.3 Å². The van der Waals surface area contributed by atoms with E-state index >= 15 is 0 Å². The monoisotopic (exact) mass is 417 g/mol. The molecule has 0 radical (unpaired) electrons. The molecule has 6 nitrogen and oxygen atoms in total. The number of rotatable bonds is 6. The number of thiazole rings is 1. The molecule has 150 valence electrons. The second kappa shape index (κ2) is 8.24. The van der Waals surface area contributed by atoms with Gasteiger partial charge < -0.3 is 0 Å². The van der Waals surface area contributed by atoms with Crippen LogP contribution in [0.15, 0.2) is 60.8 Å². The minimum atomic E-state index is -0.520. The Morgan fingerprint density at radius 1 is 1.07 bits per heavy atom. The highest BCUT2D eigenvalue weighted by molar-refractivity contribution is 7.23. The largest absolute Gasteiger partial charge is 0.286 e. The van der Waals surface area contributed by atoms with Crippen molar-refractivity contribution in [3.05, 3.63) is 77.5 Å². The fourth-order valence-electron chi connectivity index (χ4n) is 3.68. The zero-order chi connectivity index (χ0) is 21.3. The van der Waals surface area contributed by atoms with Gasteiger partial charge in [-0.3, -0.25) is 24.2 Å². The molecule has 30 heavy (non-hydrogen) atoms. The number of amides is 3. The molecule has 0 N–H and O–H groups in total. The van der Waals surface area contributed by atoms with E-state index in [0.29, 0.717) is 22.7 Å². The summed E-state index contributed by atoms with van der Waals surface area (Å²) in [5.41, 5.74) is 1.79. The first kappa shape index (κ1) is 20.0. The number of aromatic nitrogens is 1. The van der Waals surface area contributed by atoms with Gasteiger partial charge in [0, 0.05) is 19.7 Å². The highest BCUT2D eigenvalue weighted by atomic mass is 32.1. The predicted octanol–water partition coefficient (Wildman–Crippen LogP) is 1.66. The highest BCUT2D eigenvalue weighted by Gasteiger charge is 2.40. The topological polar surface area (TPSA) is 70.6 Å². The SMILES string of the molecule is Bc1cnc(N(C[C@H](Cc2ccccc2)N2C(=O)c3ccccc3C2=O)C(C)=O)s1. The van der Waals surface area contributed by atoms with Crippen LogP contribution in [0, 0.1) is 0 Å². The lowest BCUT2D eigenvalue weighted by atomic mass is 10.0. The van der Waals surface area contributed by atoms with Crippen LogP contribution in [0.4, 0.5) is 5.13 Å². The Bertz CT molecular complexity index is 1080. The first-order valence-corrected chi connectivity index (χ1v) is 10.5. The Labute approximate surface area is 179 Å². The molecule has 0 fully saturated rings. The average molecular weight is 417 g/mol. The van der Waals surface area contributed by atoms with Crippen LogP contribution >= 0.6 is 11.3 Å². The van der Waals surface area contributed by atoms with Gasteiger partial charge in [-0.05, 0) is 28.9 Å². The molecule has 0 bridgehead atoms. The summed E-state index contributed by atoms with van der Waals surface area (Å²) in [6.45, 7) is 1.65. The Hall–Kier alpha value is -3.26. The Kier molecular flexibility index (Phi) is 5.50. The minimum absolute atomic E-state index is 0.181. The molecule has 3 aromatic rings. The Balaban J connectivity index is 1.71. The summed E-state index contributed by atoms with van der Waals surface area (Å²) < 4.78 is 0.983. The molecule has 1 aliphatic heterocycles. The molecular formula is C22H20BN3O3S. The fourth-order valence-corrected chi connectivity index (χ4v) is 4.49. The van der Waals surface area contributed by atoms with Crippen LogP contribution in [-0.4, -0.2) is 48.0 Å². The number of hydrogen-bond donors (Lipinski definition) is 0. The highest BCUT2D eigenvalue weighted by Crippen LogP contribution is 2.27. The molecule has 0 spiro atoms. The van der Waals surface area contributed by atoms with Crippen LogP contribution in [0.1, 0.15) is 33.2 Å². The van der Waals surface area contributed by atoms with Crippen LogP contribution in [0.2, 0.25) is 0 Å². The number of nitrogens with zero attached hydrogens (tertiary/aromatic N) is 3. The summed E-state index contributed by atoms with van der Waals surface area (Å²) in [5.74, 6) is -0.829. The maximum absolute atomic E-state index is 13.1. The quantitative estimate of drug-likeness (QED) is 0.452. The normalized spacial score (nSPS) is 14.0. The van der Waals surface area contributed by atoms with Crippen LogP contribution in [0.5, 0.6) is 0 Å². The van der Waals surface area contributed by atoms with Crippen LogP contribution in [-0.2, 0) is 11.2 Å². The second-order valence-corrected chi connectivity index (χ2v) is 8.47. The third kappa shape index (κ3) is 3.78. The van der Waals surface area contributed by atoms with Gasteiger partial charge in [-0.1, -0.05) is 42.5 Å². The van der Waals surface area contributed by atoms with Gasteiger partial charge in [0.15, 0.2) is 13.0 Å². The van der Waals surface area contributed by atoms with Crippen molar-refractivity contribution in [1.82, 2.24) is 9.88 Å². The lowest BCUT2D eigenvalue weighted by Gasteiger charge is -2.30. The first-order valence-electron chi connectivity index (χ1n) is 9.67. The Morgan fingerprint density at radius 2 is 1.67 bits per heavy atom. The molecule has 4 rings (SSSR count). The van der Waals surface area contributed by atoms with Gasteiger partial charge in [-0.15, -0.1) is 11.3 Å². The van der Waals surface area contributed by atoms with E-state index in [1.54, 1.807) is 35.4 Å². The molecule has 2 aromatic carbocycles. The summed E-state index contributed by atoms with van der Waals surface area (Å²) in [6, 6.07) is 16.0. The third-order valence-electron chi connectivity index (χ3n) is 5.12. The molecular weight excluding hydrogens is 397 g/mol. The molecule has 0 saturated heterocycles. The minimum Gasteiger partial charge on any atom is -0.286 e. The van der Waals surface area contributed by atoms with Gasteiger partial charge in [-0.25, -0.2) is 4.98 Å². The summed E-state index contributed by atoms with van der Waals surface area (Å²) in [7, 11) is 1.92. The predicted molar refractivity (Wildman–Crippen MR) is 119 cm³/mol. The molecule has 1 aliphatic rings. The molecule has 8 heteroatoms. The maximum atomic E-state index is 13.1. The first-order chi connectivity index (χ1) is 14.5. The molecule has 0 unspecified atom stereocenters. The van der Waals surface area contributed by atoms with E-state index in [1.165, 1.54) is 23.2 Å². The fraction of sp³-hybridized carbons (Fsp3) is 0.182. The number of hydrogen-bond acceptors (Lipinski definition) is 5. The maximum Gasteiger partial charge on any atom is 0.261 e. The van der Waals surface area contributed by atoms with Crippen LogP contribution in [0.3, 0.4) is 0 Å². The summed E-state index contributed by atoms with van der Waals surface area (Å²) in [4.78, 5) is 45.9. The number of carbonyl (C=O) groups is 3. The van der Waals surface area contributed by atoms with E-state index in [4.69, 9.17) is 0 Å². The average Bonchev–Trinajstić information content (AvgIpc) is 3.27. The number of anilines is 1. The molecule has 2 heterocycles. The summed E-state index contributed by atoms with van der Waals surface area (Å²) in [6.07, 6.45) is 2.16. The number of benzene rings is 2. The van der Waals surface area contributed by atoms with Gasteiger partial charge >= 0.3 is 0 Å². The van der Waals surface area contributed by atoms with Crippen molar-refractivity contribution >= 4 is 46.8 Å². The van der Waals surface area contributed by atoms with Crippen molar-refractivity contribution in [3.63, 3.8) is 0 Å². The van der Waals surface area contributed by atoms with E-state index in [0.717, 1.165) is 10.3 Å². The van der Waals surface area contributed by atoms with Crippen LogP contribution < -0.4 is 9.68 Å².